The van der Waals surface area contributed by atoms with Crippen molar-refractivity contribution in [3.8, 4) is 0 Å². The van der Waals surface area contributed by atoms with E-state index in [0.717, 1.165) is 24.4 Å². The Bertz CT molecular complexity index is 690. The molecule has 0 heterocycles. The minimum Gasteiger partial charge on any atom is -0.224 e. The Morgan fingerprint density at radius 3 is 2.45 bits per heavy atom. The second kappa shape index (κ2) is 5.31. The monoisotopic (exact) mass is 315 g/mol. The highest BCUT2D eigenvalue weighted by molar-refractivity contribution is 7.99. The van der Waals surface area contributed by atoms with Crippen LogP contribution >= 0.6 is 11.8 Å². The Balaban J connectivity index is 2.69. The molecule has 1 aromatic carbocycles. The minimum absolute atomic E-state index is 0.0487. The van der Waals surface area contributed by atoms with Gasteiger partial charge in [0, 0.05) is 6.26 Å². The van der Waals surface area contributed by atoms with Crippen molar-refractivity contribution < 1.29 is 17.6 Å². The summed E-state index contributed by atoms with van der Waals surface area (Å²) in [5.74, 6) is -0.595. The molecule has 7 heteroatoms. The van der Waals surface area contributed by atoms with Crippen LogP contribution in [-0.2, 0) is 20.2 Å². The van der Waals surface area contributed by atoms with Crippen LogP contribution in [0.4, 0.5) is 4.39 Å². The highest BCUT2D eigenvalue weighted by Crippen LogP contribution is 2.46. The van der Waals surface area contributed by atoms with Crippen LogP contribution in [0.3, 0.4) is 0 Å². The van der Waals surface area contributed by atoms with Gasteiger partial charge in [0.15, 0.2) is 9.84 Å². The van der Waals surface area contributed by atoms with Gasteiger partial charge in [-0.15, -0.1) is 11.8 Å². The molecule has 20 heavy (non-hydrogen) atoms. The van der Waals surface area contributed by atoms with E-state index >= 15 is 0 Å². The second-order valence-electron chi connectivity index (χ2n) is 4.85. The number of hydrogen-bond donors (Lipinski definition) is 0. The molecule has 1 fully saturated rings. The highest BCUT2D eigenvalue weighted by atomic mass is 32.2. The third-order valence-electron chi connectivity index (χ3n) is 3.59. The van der Waals surface area contributed by atoms with E-state index in [-0.39, 0.29) is 9.79 Å². The summed E-state index contributed by atoms with van der Waals surface area (Å²) in [4.78, 5) is 14.4. The largest absolute Gasteiger partial charge is 0.235 e. The van der Waals surface area contributed by atoms with Crippen LogP contribution in [0.1, 0.15) is 24.8 Å². The van der Waals surface area contributed by atoms with E-state index in [4.69, 9.17) is 0 Å². The molecular formula is C13H14FNO3S2. The minimum atomic E-state index is -3.55. The SMILES string of the molecule is CSc1c(F)cc(C2(N=C=O)CCC2)cc1S(C)(=O)=O. The normalized spacial score (nSPS) is 17.1. The third kappa shape index (κ3) is 2.53. The summed E-state index contributed by atoms with van der Waals surface area (Å²) in [5, 5.41) is 0. The Morgan fingerprint density at radius 1 is 1.40 bits per heavy atom. The van der Waals surface area contributed by atoms with Crippen molar-refractivity contribution in [2.75, 3.05) is 12.5 Å². The molecule has 1 aliphatic carbocycles. The van der Waals surface area contributed by atoms with Crippen LogP contribution < -0.4 is 0 Å². The van der Waals surface area contributed by atoms with Crippen LogP contribution in [0.2, 0.25) is 0 Å². The van der Waals surface area contributed by atoms with Crippen molar-refractivity contribution >= 4 is 27.7 Å². The predicted octanol–water partition coefficient (Wildman–Crippen LogP) is 2.67. The first kappa shape index (κ1) is 15.2. The quantitative estimate of drug-likeness (QED) is 0.487. The van der Waals surface area contributed by atoms with Crippen LogP contribution in [0.25, 0.3) is 0 Å². The van der Waals surface area contributed by atoms with Crippen LogP contribution in [0.5, 0.6) is 0 Å². The number of aliphatic imine (C=N–C) groups is 1. The summed E-state index contributed by atoms with van der Waals surface area (Å²) in [6.07, 6.45) is 6.24. The van der Waals surface area contributed by atoms with Gasteiger partial charge in [-0.3, -0.25) is 0 Å². The molecule has 0 saturated heterocycles. The molecule has 1 saturated carbocycles. The lowest BCUT2D eigenvalue weighted by atomic mass is 9.72. The maximum absolute atomic E-state index is 14.1. The van der Waals surface area contributed by atoms with E-state index in [1.54, 1.807) is 6.26 Å². The van der Waals surface area contributed by atoms with Gasteiger partial charge in [-0.1, -0.05) is 0 Å². The van der Waals surface area contributed by atoms with E-state index in [9.17, 15) is 17.6 Å². The summed E-state index contributed by atoms with van der Waals surface area (Å²) < 4.78 is 37.8. The molecule has 1 aromatic rings. The van der Waals surface area contributed by atoms with Crippen molar-refractivity contribution in [3.05, 3.63) is 23.5 Å². The number of thioether (sulfide) groups is 1. The van der Waals surface area contributed by atoms with Crippen molar-refractivity contribution in [1.82, 2.24) is 0 Å². The van der Waals surface area contributed by atoms with Crippen LogP contribution in [0.15, 0.2) is 26.9 Å². The molecule has 0 amide bonds. The lowest BCUT2D eigenvalue weighted by Gasteiger charge is -2.37. The number of hydrogen-bond acceptors (Lipinski definition) is 5. The summed E-state index contributed by atoms with van der Waals surface area (Å²) >= 11 is 1.05. The van der Waals surface area contributed by atoms with Crippen molar-refractivity contribution in [1.29, 1.82) is 0 Å². The van der Waals surface area contributed by atoms with Gasteiger partial charge in [-0.25, -0.2) is 17.6 Å². The molecular weight excluding hydrogens is 301 g/mol. The van der Waals surface area contributed by atoms with Gasteiger partial charge in [0.05, 0.1) is 15.3 Å². The van der Waals surface area contributed by atoms with Gasteiger partial charge in [0.25, 0.3) is 0 Å². The molecule has 0 N–H and O–H groups in total. The Hall–Kier alpha value is -1.17. The fourth-order valence-electron chi connectivity index (χ4n) is 2.37. The van der Waals surface area contributed by atoms with Gasteiger partial charge in [0.1, 0.15) is 5.82 Å². The number of rotatable bonds is 4. The summed E-state index contributed by atoms with van der Waals surface area (Å²) in [6, 6.07) is 2.71. The van der Waals surface area contributed by atoms with Gasteiger partial charge < -0.3 is 0 Å². The van der Waals surface area contributed by atoms with E-state index in [0.29, 0.717) is 18.4 Å². The molecule has 0 unspecified atom stereocenters. The standard InChI is InChI=1S/C13H14FNO3S2/c1-19-12-10(14)6-9(7-11(12)20(2,17)18)13(15-8-16)4-3-5-13/h6-7H,3-5H2,1-2H3. The van der Waals surface area contributed by atoms with E-state index in [1.807, 2.05) is 0 Å². The average Bonchev–Trinajstić information content (AvgIpc) is 2.31. The Labute approximate surface area is 121 Å². The maximum Gasteiger partial charge on any atom is 0.235 e. The average molecular weight is 315 g/mol. The second-order valence-corrected chi connectivity index (χ2v) is 7.65. The lowest BCUT2D eigenvalue weighted by Crippen LogP contribution is -2.32. The number of nitrogens with zero attached hydrogens (tertiary/aromatic N) is 1. The number of benzene rings is 1. The number of isocyanates is 1. The molecule has 1 aliphatic rings. The predicted molar refractivity (Wildman–Crippen MR) is 74.9 cm³/mol. The molecule has 2 rings (SSSR count). The molecule has 0 aliphatic heterocycles. The first-order valence-electron chi connectivity index (χ1n) is 6.01. The van der Waals surface area contributed by atoms with Crippen molar-refractivity contribution in [2.24, 2.45) is 4.99 Å². The van der Waals surface area contributed by atoms with Gasteiger partial charge in [-0.05, 0) is 43.2 Å². The van der Waals surface area contributed by atoms with Crippen LogP contribution in [-0.4, -0.2) is 27.0 Å². The van der Waals surface area contributed by atoms with E-state index in [2.05, 4.69) is 4.99 Å². The van der Waals surface area contributed by atoms with Crippen LogP contribution in [0, 0.1) is 5.82 Å². The zero-order chi connectivity index (χ0) is 15.0. The Kier molecular flexibility index (Phi) is 4.04. The van der Waals surface area contributed by atoms with Gasteiger partial charge in [0.2, 0.25) is 6.08 Å². The molecule has 0 bridgehead atoms. The van der Waals surface area contributed by atoms with Gasteiger partial charge >= 0.3 is 0 Å². The summed E-state index contributed by atoms with van der Waals surface area (Å²) in [5.41, 5.74) is -0.373. The third-order valence-corrected chi connectivity index (χ3v) is 5.66. The molecule has 108 valence electrons. The number of carbonyl (C=O) groups excluding carboxylic acids is 1. The van der Waals surface area contributed by atoms with Crippen molar-refractivity contribution in [3.63, 3.8) is 0 Å². The molecule has 0 radical (unpaired) electrons. The van der Waals surface area contributed by atoms with E-state index in [1.165, 1.54) is 18.2 Å². The zero-order valence-electron chi connectivity index (χ0n) is 11.1. The number of halogens is 1. The first-order chi connectivity index (χ1) is 9.34. The smallest absolute Gasteiger partial charge is 0.224 e. The molecule has 0 atom stereocenters. The number of sulfone groups is 1. The maximum atomic E-state index is 14.1. The van der Waals surface area contributed by atoms with Crippen molar-refractivity contribution in [2.45, 2.75) is 34.6 Å². The summed E-state index contributed by atoms with van der Waals surface area (Å²) in [6.45, 7) is 0. The topological polar surface area (TPSA) is 63.6 Å². The fourth-order valence-corrected chi connectivity index (χ4v) is 4.37. The fraction of sp³-hybridized carbons (Fsp3) is 0.462. The molecule has 4 nitrogen and oxygen atoms in total. The highest BCUT2D eigenvalue weighted by Gasteiger charge is 2.40. The first-order valence-corrected chi connectivity index (χ1v) is 9.13. The zero-order valence-corrected chi connectivity index (χ0v) is 12.8. The molecule has 0 aromatic heterocycles. The molecule has 0 spiro atoms. The lowest BCUT2D eigenvalue weighted by molar-refractivity contribution is 0.254. The van der Waals surface area contributed by atoms with Gasteiger partial charge in [-0.2, -0.15) is 4.99 Å². The Morgan fingerprint density at radius 2 is 2.05 bits per heavy atom. The van der Waals surface area contributed by atoms with E-state index < -0.39 is 21.2 Å². The summed E-state index contributed by atoms with van der Waals surface area (Å²) in [7, 11) is -3.55.